The maximum Gasteiger partial charge on any atom is 0.233 e. The van der Waals surface area contributed by atoms with Gasteiger partial charge < -0.3 is 0 Å². The van der Waals surface area contributed by atoms with Crippen molar-refractivity contribution in [2.24, 2.45) is 0 Å². The Labute approximate surface area is 197 Å². The lowest BCUT2D eigenvalue weighted by Crippen LogP contribution is -2.35. The number of aromatic nitrogens is 3. The number of hydrogen-bond acceptors (Lipinski definition) is 6. The second-order valence-electron chi connectivity index (χ2n) is 7.88. The molecule has 0 saturated carbocycles. The van der Waals surface area contributed by atoms with E-state index in [1.807, 2.05) is 48.9 Å². The highest BCUT2D eigenvalue weighted by molar-refractivity contribution is 7.91. The van der Waals surface area contributed by atoms with E-state index in [0.29, 0.717) is 18.2 Å². The van der Waals surface area contributed by atoms with Gasteiger partial charge in [0.15, 0.2) is 15.0 Å². The number of anilines is 1. The summed E-state index contributed by atoms with van der Waals surface area (Å²) in [6.45, 7) is 6.54. The van der Waals surface area contributed by atoms with Gasteiger partial charge >= 0.3 is 0 Å². The number of fused-ring (bicyclic) bond motifs is 1. The van der Waals surface area contributed by atoms with Gasteiger partial charge in [-0.15, -0.1) is 0 Å². The third-order valence-electron chi connectivity index (χ3n) is 5.47. The van der Waals surface area contributed by atoms with E-state index in [1.54, 1.807) is 36.1 Å². The number of aryl methyl sites for hydroxylation is 2. The number of benzene rings is 2. The summed E-state index contributed by atoms with van der Waals surface area (Å²) in [6, 6.07) is 16.4. The van der Waals surface area contributed by atoms with Gasteiger partial charge in [0, 0.05) is 12.2 Å². The zero-order valence-electron chi connectivity index (χ0n) is 18.9. The average Bonchev–Trinajstić information content (AvgIpc) is 3.36. The predicted molar refractivity (Wildman–Crippen MR) is 132 cm³/mol. The van der Waals surface area contributed by atoms with Crippen molar-refractivity contribution in [1.82, 2.24) is 14.8 Å². The fourth-order valence-electron chi connectivity index (χ4n) is 3.65. The lowest BCUT2D eigenvalue weighted by Gasteiger charge is -2.20. The molecule has 0 unspecified atom stereocenters. The average molecular weight is 483 g/mol. The van der Waals surface area contributed by atoms with Crippen LogP contribution in [-0.4, -0.2) is 41.4 Å². The summed E-state index contributed by atoms with van der Waals surface area (Å²) >= 11 is 1.48. The van der Waals surface area contributed by atoms with Crippen molar-refractivity contribution in [2.75, 3.05) is 17.2 Å². The summed E-state index contributed by atoms with van der Waals surface area (Å²) in [5.41, 5.74) is 3.59. The molecule has 0 atom stereocenters. The molecule has 0 bridgehead atoms. The molecule has 0 saturated heterocycles. The summed E-state index contributed by atoms with van der Waals surface area (Å²) in [5, 5.41) is 5.15. The number of sulfone groups is 1. The lowest BCUT2D eigenvalue weighted by molar-refractivity contribution is -0.118. The molecule has 2 aromatic carbocycles. The van der Waals surface area contributed by atoms with Crippen LogP contribution in [0.2, 0.25) is 0 Å². The molecule has 0 aliphatic carbocycles. The largest absolute Gasteiger partial charge is 0.286 e. The minimum absolute atomic E-state index is 0.0446. The summed E-state index contributed by atoms with van der Waals surface area (Å²) in [6.07, 6.45) is 0.152. The monoisotopic (exact) mass is 482 g/mol. The molecule has 0 N–H and O–H groups in total. The second kappa shape index (κ2) is 9.44. The van der Waals surface area contributed by atoms with Crippen LogP contribution in [0.3, 0.4) is 0 Å². The highest BCUT2D eigenvalue weighted by Crippen LogP contribution is 2.29. The molecule has 4 rings (SSSR count). The molecule has 0 fully saturated rings. The summed E-state index contributed by atoms with van der Waals surface area (Å²) < 4.78 is 27.1. The maximum absolute atomic E-state index is 13.4. The van der Waals surface area contributed by atoms with Crippen LogP contribution in [0.4, 0.5) is 5.13 Å². The van der Waals surface area contributed by atoms with E-state index in [9.17, 15) is 13.2 Å². The maximum atomic E-state index is 13.4. The number of amides is 1. The molecule has 2 heterocycles. The number of nitrogens with zero attached hydrogens (tertiary/aromatic N) is 4. The molecular weight excluding hydrogens is 456 g/mol. The zero-order valence-corrected chi connectivity index (χ0v) is 20.5. The van der Waals surface area contributed by atoms with Gasteiger partial charge in [-0.2, -0.15) is 5.10 Å². The van der Waals surface area contributed by atoms with Crippen molar-refractivity contribution >= 4 is 42.4 Å². The molecule has 7 nitrogen and oxygen atoms in total. The van der Waals surface area contributed by atoms with Crippen LogP contribution in [0.5, 0.6) is 0 Å². The third kappa shape index (κ3) is 5.15. The fourth-order valence-corrected chi connectivity index (χ4v) is 5.54. The molecule has 0 aliphatic rings. The Bertz CT molecular complexity index is 1360. The SMILES string of the molecule is CCS(=O)(=O)c1ccc(CC(=O)N(CCn2nc(C)cc2C)c2nc3ccccc3s2)cc1. The molecule has 33 heavy (non-hydrogen) atoms. The molecule has 0 aliphatic heterocycles. The van der Waals surface area contributed by atoms with E-state index in [0.717, 1.165) is 27.2 Å². The molecule has 0 spiro atoms. The first kappa shape index (κ1) is 23.1. The quantitative estimate of drug-likeness (QED) is 0.376. The van der Waals surface area contributed by atoms with Gasteiger partial charge in [-0.05, 0) is 49.7 Å². The smallest absolute Gasteiger partial charge is 0.233 e. The number of carbonyl (C=O) groups is 1. The molecule has 0 radical (unpaired) electrons. The molecule has 4 aromatic rings. The first-order chi connectivity index (χ1) is 15.8. The van der Waals surface area contributed by atoms with Crippen LogP contribution >= 0.6 is 11.3 Å². The molecule has 1 amide bonds. The Morgan fingerprint density at radius 2 is 1.82 bits per heavy atom. The van der Waals surface area contributed by atoms with Gasteiger partial charge in [0.1, 0.15) is 0 Å². The Morgan fingerprint density at radius 3 is 2.45 bits per heavy atom. The molecular formula is C24H26N4O3S2. The van der Waals surface area contributed by atoms with Crippen LogP contribution in [0.1, 0.15) is 23.9 Å². The zero-order chi connectivity index (χ0) is 23.6. The Balaban J connectivity index is 1.59. The van der Waals surface area contributed by atoms with Crippen LogP contribution in [0, 0.1) is 13.8 Å². The third-order valence-corrected chi connectivity index (χ3v) is 8.28. The Morgan fingerprint density at radius 1 is 1.09 bits per heavy atom. The summed E-state index contributed by atoms with van der Waals surface area (Å²) in [4.78, 5) is 20.0. The number of para-hydroxylation sites is 1. The van der Waals surface area contributed by atoms with Crippen LogP contribution in [0.25, 0.3) is 10.2 Å². The topological polar surface area (TPSA) is 85.2 Å². The normalized spacial score (nSPS) is 11.7. The van der Waals surface area contributed by atoms with E-state index < -0.39 is 9.84 Å². The van der Waals surface area contributed by atoms with Crippen LogP contribution < -0.4 is 4.90 Å². The van der Waals surface area contributed by atoms with Crippen LogP contribution in [0.15, 0.2) is 59.5 Å². The van der Waals surface area contributed by atoms with E-state index >= 15 is 0 Å². The van der Waals surface area contributed by atoms with E-state index in [2.05, 4.69) is 10.1 Å². The Kier molecular flexibility index (Phi) is 6.62. The van der Waals surface area contributed by atoms with Gasteiger partial charge in [0.2, 0.25) is 5.91 Å². The van der Waals surface area contributed by atoms with Gasteiger partial charge in [-0.25, -0.2) is 13.4 Å². The van der Waals surface area contributed by atoms with E-state index in [-0.39, 0.29) is 23.0 Å². The van der Waals surface area contributed by atoms with Crippen molar-refractivity contribution in [1.29, 1.82) is 0 Å². The van der Waals surface area contributed by atoms with Gasteiger partial charge in [-0.1, -0.05) is 42.5 Å². The van der Waals surface area contributed by atoms with Crippen molar-refractivity contribution in [3.05, 3.63) is 71.5 Å². The first-order valence-corrected chi connectivity index (χ1v) is 13.2. The molecule has 2 aromatic heterocycles. The second-order valence-corrected chi connectivity index (χ2v) is 11.2. The number of hydrogen-bond donors (Lipinski definition) is 0. The van der Waals surface area contributed by atoms with Crippen LogP contribution in [-0.2, 0) is 27.6 Å². The van der Waals surface area contributed by atoms with Crippen molar-refractivity contribution in [2.45, 2.75) is 38.6 Å². The van der Waals surface area contributed by atoms with E-state index in [4.69, 9.17) is 0 Å². The minimum atomic E-state index is -3.27. The number of thiazole rings is 1. The summed E-state index contributed by atoms with van der Waals surface area (Å²) in [5.74, 6) is -0.0510. The standard InChI is InChI=1S/C24H26N4O3S2/c1-4-33(30,31)20-11-9-19(10-12-20)16-23(29)27(13-14-28-18(3)15-17(2)26-28)24-25-21-7-5-6-8-22(21)32-24/h5-12,15H,4,13-14,16H2,1-3H3. The van der Waals surface area contributed by atoms with Crippen molar-refractivity contribution in [3.63, 3.8) is 0 Å². The van der Waals surface area contributed by atoms with Gasteiger partial charge in [0.25, 0.3) is 0 Å². The van der Waals surface area contributed by atoms with Gasteiger partial charge in [-0.3, -0.25) is 14.4 Å². The highest BCUT2D eigenvalue weighted by atomic mass is 32.2. The summed E-state index contributed by atoms with van der Waals surface area (Å²) in [7, 11) is -3.27. The molecule has 9 heteroatoms. The highest BCUT2D eigenvalue weighted by Gasteiger charge is 2.21. The number of rotatable bonds is 8. The number of carbonyl (C=O) groups excluding carboxylic acids is 1. The Hall–Kier alpha value is -3.04. The van der Waals surface area contributed by atoms with Crippen molar-refractivity contribution < 1.29 is 13.2 Å². The predicted octanol–water partition coefficient (Wildman–Crippen LogP) is 4.18. The first-order valence-electron chi connectivity index (χ1n) is 10.8. The fraction of sp³-hybridized carbons (Fsp3) is 0.292. The van der Waals surface area contributed by atoms with Gasteiger partial charge in [0.05, 0.1) is 39.5 Å². The molecule has 172 valence electrons. The lowest BCUT2D eigenvalue weighted by atomic mass is 10.1. The van der Waals surface area contributed by atoms with E-state index in [1.165, 1.54) is 11.3 Å². The van der Waals surface area contributed by atoms with Crippen molar-refractivity contribution in [3.8, 4) is 0 Å². The minimum Gasteiger partial charge on any atom is -0.286 e.